The lowest BCUT2D eigenvalue weighted by molar-refractivity contribution is -0.158. The van der Waals surface area contributed by atoms with Gasteiger partial charge in [0.1, 0.15) is 16.9 Å². The third-order valence-electron chi connectivity index (χ3n) is 5.09. The minimum Gasteiger partial charge on any atom is -0.353 e. The van der Waals surface area contributed by atoms with Crippen molar-refractivity contribution in [2.75, 3.05) is 19.0 Å². The zero-order valence-corrected chi connectivity index (χ0v) is 17.9. The molecule has 0 amide bonds. The first-order valence-corrected chi connectivity index (χ1v) is 11.4. The van der Waals surface area contributed by atoms with Gasteiger partial charge in [-0.05, 0) is 55.2 Å². The molecule has 3 aromatic rings. The summed E-state index contributed by atoms with van der Waals surface area (Å²) < 4.78 is 24.8. The molecule has 0 bridgehead atoms. The molecule has 0 aliphatic carbocycles. The summed E-state index contributed by atoms with van der Waals surface area (Å²) in [6, 6.07) is 20.3. The third-order valence-corrected chi connectivity index (χ3v) is 6.03. The van der Waals surface area contributed by atoms with E-state index in [4.69, 9.17) is 14.5 Å². The van der Waals surface area contributed by atoms with Crippen LogP contribution in [-0.4, -0.2) is 30.2 Å². The predicted octanol–water partition coefficient (Wildman–Crippen LogP) is 6.06. The molecule has 1 atom stereocenters. The molecule has 31 heavy (non-hydrogen) atoms. The van der Waals surface area contributed by atoms with Crippen molar-refractivity contribution in [2.45, 2.75) is 30.6 Å². The number of rotatable bonds is 7. The van der Waals surface area contributed by atoms with Crippen LogP contribution >= 0.6 is 11.8 Å². The van der Waals surface area contributed by atoms with Gasteiger partial charge in [-0.15, -0.1) is 11.8 Å². The lowest BCUT2D eigenvalue weighted by Gasteiger charge is -2.22. The predicted molar refractivity (Wildman–Crippen MR) is 120 cm³/mol. The Balaban J connectivity index is 1.61. The van der Waals surface area contributed by atoms with E-state index >= 15 is 0 Å². The first-order valence-electron chi connectivity index (χ1n) is 10.4. The van der Waals surface area contributed by atoms with E-state index in [1.165, 1.54) is 23.9 Å². The van der Waals surface area contributed by atoms with Crippen LogP contribution in [-0.2, 0) is 9.47 Å². The molecule has 6 heteroatoms. The average molecular weight is 435 g/mol. The number of hydrogen-bond donors (Lipinski definition) is 0. The monoisotopic (exact) mass is 434 g/mol. The normalized spacial score (nSPS) is 16.1. The number of ether oxygens (including phenoxy) is 2. The van der Waals surface area contributed by atoms with Crippen LogP contribution in [0.5, 0.6) is 0 Å². The molecule has 1 fully saturated rings. The number of pyridine rings is 1. The van der Waals surface area contributed by atoms with E-state index in [2.05, 4.69) is 6.07 Å². The van der Waals surface area contributed by atoms with Crippen molar-refractivity contribution in [1.29, 1.82) is 5.26 Å². The van der Waals surface area contributed by atoms with E-state index in [0.717, 1.165) is 42.6 Å². The van der Waals surface area contributed by atoms with Crippen molar-refractivity contribution in [1.82, 2.24) is 4.98 Å². The molecule has 2 heterocycles. The Labute approximate surface area is 186 Å². The summed E-state index contributed by atoms with van der Waals surface area (Å²) in [5, 5.41) is 10.6. The number of nitriles is 1. The van der Waals surface area contributed by atoms with Crippen LogP contribution in [0.4, 0.5) is 4.39 Å². The van der Waals surface area contributed by atoms with E-state index in [1.807, 2.05) is 36.4 Å². The van der Waals surface area contributed by atoms with Gasteiger partial charge in [0.2, 0.25) is 0 Å². The molecule has 1 aliphatic rings. The summed E-state index contributed by atoms with van der Waals surface area (Å²) in [4.78, 5) is 4.75. The molecule has 1 aliphatic heterocycles. The Hall–Kier alpha value is -2.72. The van der Waals surface area contributed by atoms with Gasteiger partial charge in [0.05, 0.1) is 17.9 Å². The Morgan fingerprint density at radius 1 is 1.10 bits per heavy atom. The van der Waals surface area contributed by atoms with Crippen LogP contribution in [0, 0.1) is 17.1 Å². The van der Waals surface area contributed by atoms with E-state index in [0.29, 0.717) is 28.6 Å². The van der Waals surface area contributed by atoms with Crippen LogP contribution in [0.2, 0.25) is 0 Å². The Morgan fingerprint density at radius 3 is 2.61 bits per heavy atom. The quantitative estimate of drug-likeness (QED) is 0.334. The number of thioether (sulfide) groups is 1. The fourth-order valence-electron chi connectivity index (χ4n) is 3.51. The Bertz CT molecular complexity index is 1050. The first kappa shape index (κ1) is 21.5. The van der Waals surface area contributed by atoms with E-state index in [1.54, 1.807) is 12.1 Å². The van der Waals surface area contributed by atoms with Gasteiger partial charge in [0.15, 0.2) is 6.29 Å². The minimum absolute atomic E-state index is 0.136. The second kappa shape index (κ2) is 10.5. The fourth-order valence-corrected chi connectivity index (χ4v) is 4.34. The zero-order chi connectivity index (χ0) is 21.5. The second-order valence-corrected chi connectivity index (χ2v) is 8.32. The molecular weight excluding hydrogens is 411 g/mol. The lowest BCUT2D eigenvalue weighted by Crippen LogP contribution is -2.23. The van der Waals surface area contributed by atoms with Crippen molar-refractivity contribution < 1.29 is 13.9 Å². The molecule has 1 saturated heterocycles. The van der Waals surface area contributed by atoms with Crippen LogP contribution in [0.25, 0.3) is 22.4 Å². The lowest BCUT2D eigenvalue weighted by atomic mass is 9.99. The fraction of sp³-hybridized carbons (Fsp3) is 0.280. The number of aromatic nitrogens is 1. The zero-order valence-electron chi connectivity index (χ0n) is 17.1. The van der Waals surface area contributed by atoms with Crippen LogP contribution in [0.1, 0.15) is 24.8 Å². The highest BCUT2D eigenvalue weighted by molar-refractivity contribution is 7.99. The topological polar surface area (TPSA) is 55.1 Å². The van der Waals surface area contributed by atoms with Gasteiger partial charge >= 0.3 is 0 Å². The van der Waals surface area contributed by atoms with Crippen molar-refractivity contribution in [3.05, 3.63) is 72.0 Å². The summed E-state index contributed by atoms with van der Waals surface area (Å²) in [6.07, 6.45) is 2.99. The molecule has 0 spiro atoms. The molecule has 0 N–H and O–H groups in total. The van der Waals surface area contributed by atoms with Gasteiger partial charge in [-0.3, -0.25) is 0 Å². The largest absolute Gasteiger partial charge is 0.353 e. The van der Waals surface area contributed by atoms with Crippen molar-refractivity contribution >= 4 is 11.8 Å². The highest BCUT2D eigenvalue weighted by Gasteiger charge is 2.17. The van der Waals surface area contributed by atoms with Crippen LogP contribution in [0.3, 0.4) is 0 Å². The maximum atomic E-state index is 13.4. The summed E-state index contributed by atoms with van der Waals surface area (Å²) in [6.45, 7) is 1.27. The van der Waals surface area contributed by atoms with E-state index in [9.17, 15) is 9.65 Å². The number of nitrogens with zero attached hydrogens (tertiary/aromatic N) is 2. The van der Waals surface area contributed by atoms with Crippen LogP contribution < -0.4 is 0 Å². The Kier molecular flexibility index (Phi) is 7.31. The molecule has 1 aromatic heterocycles. The molecule has 0 radical (unpaired) electrons. The van der Waals surface area contributed by atoms with Crippen LogP contribution in [0.15, 0.2) is 65.7 Å². The summed E-state index contributed by atoms with van der Waals surface area (Å²) in [5.41, 5.74) is 3.81. The Morgan fingerprint density at radius 2 is 1.90 bits per heavy atom. The number of halogens is 1. The smallest absolute Gasteiger partial charge is 0.157 e. The third kappa shape index (κ3) is 5.50. The van der Waals surface area contributed by atoms with Gasteiger partial charge in [-0.25, -0.2) is 9.37 Å². The van der Waals surface area contributed by atoms with Gasteiger partial charge in [-0.2, -0.15) is 5.26 Å². The molecule has 158 valence electrons. The van der Waals surface area contributed by atoms with Crippen molar-refractivity contribution in [3.8, 4) is 28.5 Å². The number of hydrogen-bond acceptors (Lipinski definition) is 5. The maximum Gasteiger partial charge on any atom is 0.157 e. The average Bonchev–Trinajstić information content (AvgIpc) is 2.83. The highest BCUT2D eigenvalue weighted by atomic mass is 32.2. The van der Waals surface area contributed by atoms with E-state index < -0.39 is 0 Å². The van der Waals surface area contributed by atoms with Crippen molar-refractivity contribution in [3.63, 3.8) is 0 Å². The second-order valence-electron chi connectivity index (χ2n) is 7.24. The summed E-state index contributed by atoms with van der Waals surface area (Å²) in [5.74, 6) is 0.361. The van der Waals surface area contributed by atoms with Crippen molar-refractivity contribution in [2.24, 2.45) is 0 Å². The molecule has 2 aromatic carbocycles. The SMILES string of the molecule is N#Cc1c(-c2ccccc2)cc(-c2ccc(F)cc2)nc1SCCOC1CCCCO1. The van der Waals surface area contributed by atoms with E-state index in [-0.39, 0.29) is 12.1 Å². The number of benzene rings is 2. The maximum absolute atomic E-state index is 13.4. The minimum atomic E-state index is -0.294. The summed E-state index contributed by atoms with van der Waals surface area (Å²) >= 11 is 1.49. The molecule has 4 rings (SSSR count). The van der Waals surface area contributed by atoms with Gasteiger partial charge in [0.25, 0.3) is 0 Å². The molecule has 0 saturated carbocycles. The standard InChI is InChI=1S/C25H23FN2O2S/c26-20-11-9-19(10-12-20)23-16-21(18-6-2-1-3-7-18)22(17-27)25(28-23)31-15-14-30-24-8-4-5-13-29-24/h1-3,6-7,9-12,16,24H,4-5,8,13-15H2. The molecular formula is C25H23FN2O2S. The van der Waals surface area contributed by atoms with Gasteiger partial charge < -0.3 is 9.47 Å². The highest BCUT2D eigenvalue weighted by Crippen LogP contribution is 2.34. The molecule has 4 nitrogen and oxygen atoms in total. The molecule has 1 unspecified atom stereocenters. The van der Waals surface area contributed by atoms with Gasteiger partial charge in [0, 0.05) is 23.5 Å². The summed E-state index contributed by atoms with van der Waals surface area (Å²) in [7, 11) is 0. The first-order chi connectivity index (χ1) is 15.2. The van der Waals surface area contributed by atoms with Gasteiger partial charge in [-0.1, -0.05) is 30.3 Å².